The van der Waals surface area contributed by atoms with E-state index in [0.29, 0.717) is 35.2 Å². The van der Waals surface area contributed by atoms with Gasteiger partial charge in [0.15, 0.2) is 0 Å². The van der Waals surface area contributed by atoms with Crippen molar-refractivity contribution in [3.8, 4) is 0 Å². The number of hydrogen-bond donors (Lipinski definition) is 2. The zero-order valence-corrected chi connectivity index (χ0v) is 21.7. The number of esters is 1. The molecule has 0 bridgehead atoms. The van der Waals surface area contributed by atoms with E-state index in [2.05, 4.69) is 0 Å². The van der Waals surface area contributed by atoms with E-state index in [1.54, 1.807) is 32.9 Å². The maximum absolute atomic E-state index is 13.6. The fourth-order valence-electron chi connectivity index (χ4n) is 4.94. The first-order valence-corrected chi connectivity index (χ1v) is 12.1. The minimum absolute atomic E-state index is 0.110. The fraction of sp³-hybridized carbons (Fsp3) is 0.556. The number of hydrogen-bond acceptors (Lipinski definition) is 8. The van der Waals surface area contributed by atoms with Gasteiger partial charge in [-0.3, -0.25) is 4.79 Å². The Morgan fingerprint density at radius 1 is 1.14 bits per heavy atom. The normalized spacial score (nSPS) is 19.1. The smallest absolute Gasteiger partial charge is 0.419 e. The van der Waals surface area contributed by atoms with Crippen LogP contribution < -0.4 is 0 Å². The number of fused-ring (bicyclic) bond motifs is 1. The van der Waals surface area contributed by atoms with Gasteiger partial charge in [-0.2, -0.15) is 0 Å². The molecule has 2 N–H and O–H groups in total. The summed E-state index contributed by atoms with van der Waals surface area (Å²) < 4.78 is 23.1. The average Bonchev–Trinajstić information content (AvgIpc) is 3.16. The third-order valence-electron chi connectivity index (χ3n) is 6.33. The first-order valence-electron chi connectivity index (χ1n) is 12.1. The lowest BCUT2D eigenvalue weighted by Gasteiger charge is -2.33. The second kappa shape index (κ2) is 12.0. The second-order valence-corrected chi connectivity index (χ2v) is 9.87. The van der Waals surface area contributed by atoms with Crippen LogP contribution in [0.3, 0.4) is 0 Å². The van der Waals surface area contributed by atoms with Gasteiger partial charge < -0.3 is 29.2 Å². The van der Waals surface area contributed by atoms with Crippen molar-refractivity contribution in [2.45, 2.75) is 57.7 Å². The van der Waals surface area contributed by atoms with Crippen LogP contribution in [0.5, 0.6) is 0 Å². The number of carbonyl (C=O) groups excluding carboxylic acids is 2. The maximum Gasteiger partial charge on any atom is 0.419 e. The number of para-hydroxylation sites is 1. The number of aromatic nitrogens is 1. The number of methoxy groups -OCH3 is 2. The van der Waals surface area contributed by atoms with E-state index in [-0.39, 0.29) is 32.5 Å². The van der Waals surface area contributed by atoms with E-state index < -0.39 is 29.5 Å². The van der Waals surface area contributed by atoms with Gasteiger partial charge in [-0.1, -0.05) is 24.3 Å². The molecule has 0 saturated carbocycles. The Hall–Kier alpha value is -2.72. The quantitative estimate of drug-likeness (QED) is 0.303. The number of rotatable bonds is 9. The monoisotopic (exact) mass is 503 g/mol. The average molecular weight is 504 g/mol. The van der Waals surface area contributed by atoms with Gasteiger partial charge in [-0.05, 0) is 57.2 Å². The first kappa shape index (κ1) is 27.9. The van der Waals surface area contributed by atoms with Crippen molar-refractivity contribution < 1.29 is 38.7 Å². The molecule has 36 heavy (non-hydrogen) atoms. The lowest BCUT2D eigenvalue weighted by molar-refractivity contribution is -0.144. The van der Waals surface area contributed by atoms with E-state index >= 15 is 0 Å². The number of nitrogens with zero attached hydrogens (tertiary/aromatic N) is 1. The van der Waals surface area contributed by atoms with E-state index in [4.69, 9.17) is 18.9 Å². The van der Waals surface area contributed by atoms with Crippen LogP contribution in [0.1, 0.15) is 50.8 Å². The van der Waals surface area contributed by atoms with Crippen molar-refractivity contribution in [3.05, 3.63) is 47.2 Å². The van der Waals surface area contributed by atoms with Gasteiger partial charge in [-0.15, -0.1) is 0 Å². The largest absolute Gasteiger partial charge is 0.468 e. The van der Waals surface area contributed by atoms with Gasteiger partial charge in [-0.25, -0.2) is 9.36 Å². The molecule has 1 aromatic carbocycles. The Bertz CT molecular complexity index is 1100. The summed E-state index contributed by atoms with van der Waals surface area (Å²) in [5.74, 6) is -1.91. The SMILES string of the molecule is COCO[C@H]1C=C(CO)[C@@H](C(C(=O)OC)c2c(CCO)c3ccccc3n2C(=O)OC(C)(C)C)CC1. The number of benzene rings is 1. The molecule has 2 aromatic rings. The van der Waals surface area contributed by atoms with Crippen LogP contribution in [0.25, 0.3) is 10.9 Å². The summed E-state index contributed by atoms with van der Waals surface area (Å²) >= 11 is 0. The molecule has 0 radical (unpaired) electrons. The molecule has 1 heterocycles. The van der Waals surface area contributed by atoms with Crippen LogP contribution in [0, 0.1) is 5.92 Å². The highest BCUT2D eigenvalue weighted by Crippen LogP contribution is 2.43. The summed E-state index contributed by atoms with van der Waals surface area (Å²) in [7, 11) is 2.84. The molecule has 0 saturated heterocycles. The van der Waals surface area contributed by atoms with Crippen molar-refractivity contribution >= 4 is 23.0 Å². The van der Waals surface area contributed by atoms with E-state index in [0.717, 1.165) is 5.39 Å². The minimum atomic E-state index is -0.918. The molecule has 9 heteroatoms. The summed E-state index contributed by atoms with van der Waals surface area (Å²) in [4.78, 5) is 27.0. The molecule has 1 aromatic heterocycles. The Balaban J connectivity index is 2.26. The lowest BCUT2D eigenvalue weighted by atomic mass is 9.75. The first-order chi connectivity index (χ1) is 17.2. The number of carbonyl (C=O) groups is 2. The van der Waals surface area contributed by atoms with Crippen LogP contribution in [0.2, 0.25) is 0 Å². The van der Waals surface area contributed by atoms with Gasteiger partial charge in [0.05, 0.1) is 25.3 Å². The van der Waals surface area contributed by atoms with Crippen LogP contribution in [-0.2, 0) is 30.2 Å². The van der Waals surface area contributed by atoms with Crippen LogP contribution in [0.15, 0.2) is 35.9 Å². The zero-order chi connectivity index (χ0) is 26.5. The van der Waals surface area contributed by atoms with Crippen molar-refractivity contribution in [1.29, 1.82) is 0 Å². The molecule has 1 aliphatic carbocycles. The van der Waals surface area contributed by atoms with Crippen LogP contribution in [-0.4, -0.2) is 72.8 Å². The Kier molecular flexibility index (Phi) is 9.30. The summed E-state index contributed by atoms with van der Waals surface area (Å²) in [6.45, 7) is 4.97. The predicted octanol–water partition coefficient (Wildman–Crippen LogP) is 3.53. The third kappa shape index (κ3) is 5.98. The molecule has 0 fully saturated rings. The molecule has 0 spiro atoms. The zero-order valence-electron chi connectivity index (χ0n) is 21.7. The lowest BCUT2D eigenvalue weighted by Crippen LogP contribution is -2.35. The van der Waals surface area contributed by atoms with Crippen LogP contribution in [0.4, 0.5) is 4.79 Å². The second-order valence-electron chi connectivity index (χ2n) is 9.87. The summed E-state index contributed by atoms with van der Waals surface area (Å²) in [6, 6.07) is 7.30. The molecule has 0 amide bonds. The maximum atomic E-state index is 13.6. The number of aliphatic hydroxyl groups excluding tert-OH is 2. The van der Waals surface area contributed by atoms with Gasteiger partial charge in [0.25, 0.3) is 0 Å². The Morgan fingerprint density at radius 3 is 2.47 bits per heavy atom. The van der Waals surface area contributed by atoms with Gasteiger partial charge in [0.2, 0.25) is 0 Å². The number of ether oxygens (including phenoxy) is 4. The summed E-state index contributed by atoms with van der Waals surface area (Å²) in [6.07, 6.45) is 2.25. The van der Waals surface area contributed by atoms with Gasteiger partial charge in [0, 0.05) is 30.7 Å². The highest BCUT2D eigenvalue weighted by molar-refractivity contribution is 5.96. The molecular weight excluding hydrogens is 466 g/mol. The Morgan fingerprint density at radius 2 is 1.86 bits per heavy atom. The molecule has 1 aliphatic rings. The standard InChI is InChI=1S/C27H37NO8/c1-27(2,3)36-26(32)28-22-9-7-6-8-20(22)21(12-13-29)24(28)23(25(31)34-5)19-11-10-18(35-16-33-4)14-17(19)15-30/h6-9,14,18-19,23,29-30H,10-13,15-16H2,1-5H3/t18-,19+,23?/m1/s1. The fourth-order valence-corrected chi connectivity index (χ4v) is 4.94. The van der Waals surface area contributed by atoms with Crippen molar-refractivity contribution in [2.24, 2.45) is 5.92 Å². The highest BCUT2D eigenvalue weighted by atomic mass is 16.7. The summed E-state index contributed by atoms with van der Waals surface area (Å²) in [5, 5.41) is 20.9. The molecule has 1 unspecified atom stereocenters. The number of aliphatic hydroxyl groups is 2. The van der Waals surface area contributed by atoms with Crippen molar-refractivity contribution in [2.75, 3.05) is 34.2 Å². The minimum Gasteiger partial charge on any atom is -0.468 e. The predicted molar refractivity (Wildman–Crippen MR) is 134 cm³/mol. The van der Waals surface area contributed by atoms with Gasteiger partial charge in [0.1, 0.15) is 18.3 Å². The van der Waals surface area contributed by atoms with E-state index in [9.17, 15) is 19.8 Å². The van der Waals surface area contributed by atoms with Crippen LogP contribution >= 0.6 is 0 Å². The molecule has 9 nitrogen and oxygen atoms in total. The Labute approximate surface area is 211 Å². The topological polar surface area (TPSA) is 116 Å². The third-order valence-corrected chi connectivity index (χ3v) is 6.33. The highest BCUT2D eigenvalue weighted by Gasteiger charge is 2.41. The van der Waals surface area contributed by atoms with E-state index in [1.165, 1.54) is 18.8 Å². The van der Waals surface area contributed by atoms with E-state index in [1.807, 2.05) is 18.2 Å². The van der Waals surface area contributed by atoms with Crippen molar-refractivity contribution in [1.82, 2.24) is 4.57 Å². The van der Waals surface area contributed by atoms with Crippen molar-refractivity contribution in [3.63, 3.8) is 0 Å². The molecule has 3 rings (SSSR count). The molecular formula is C27H37NO8. The summed E-state index contributed by atoms with van der Waals surface area (Å²) in [5.41, 5.74) is 1.50. The molecule has 198 valence electrons. The van der Waals surface area contributed by atoms with Gasteiger partial charge >= 0.3 is 12.1 Å². The molecule has 3 atom stereocenters. The molecule has 0 aliphatic heterocycles.